The molecule has 0 N–H and O–H groups in total. The minimum atomic E-state index is -0.566. The molecule has 0 bridgehead atoms. The number of hydrogen-bond acceptors (Lipinski definition) is 4. The fourth-order valence-electron chi connectivity index (χ4n) is 0.861. The summed E-state index contributed by atoms with van der Waals surface area (Å²) in [5.74, 6) is -0.566. The number of nitriles is 1. The van der Waals surface area contributed by atoms with Gasteiger partial charge in [-0.1, -0.05) is 6.07 Å². The van der Waals surface area contributed by atoms with Crippen LogP contribution in [0.2, 0.25) is 0 Å². The van der Waals surface area contributed by atoms with Crippen LogP contribution in [-0.4, -0.2) is 12.6 Å². The molecule has 1 aromatic heterocycles. The van der Waals surface area contributed by atoms with E-state index in [9.17, 15) is 4.79 Å². The van der Waals surface area contributed by atoms with E-state index in [0.29, 0.717) is 0 Å². The summed E-state index contributed by atoms with van der Waals surface area (Å²) in [6.45, 7) is 1.99. The van der Waals surface area contributed by atoms with E-state index in [1.54, 1.807) is 6.92 Å². The molecule has 1 rings (SSSR count). The fraction of sp³-hybridized carbons (Fsp3) is 0.200. The molecule has 0 radical (unpaired) electrons. The van der Waals surface area contributed by atoms with Crippen LogP contribution in [0.3, 0.4) is 0 Å². The van der Waals surface area contributed by atoms with E-state index >= 15 is 0 Å². The third-order valence-electron chi connectivity index (χ3n) is 1.45. The van der Waals surface area contributed by atoms with E-state index in [0.717, 1.165) is 4.88 Å². The number of esters is 1. The van der Waals surface area contributed by atoms with Gasteiger partial charge in [-0.25, -0.2) is 4.79 Å². The summed E-state index contributed by atoms with van der Waals surface area (Å²) in [7, 11) is 0. The van der Waals surface area contributed by atoms with Crippen LogP contribution >= 0.6 is 11.3 Å². The first-order valence-corrected chi connectivity index (χ1v) is 4.98. The maximum absolute atomic E-state index is 11.2. The number of ether oxygens (including phenoxy) is 1. The second kappa shape index (κ2) is 5.20. The Morgan fingerprint density at radius 1 is 1.79 bits per heavy atom. The molecular weight excluding hydrogens is 198 g/mol. The zero-order valence-corrected chi connectivity index (χ0v) is 8.50. The molecule has 0 atom stereocenters. The first-order chi connectivity index (χ1) is 6.77. The standard InChI is InChI=1S/C10H9NO2S/c1-2-13-10(12)8(7-11)6-9-4-3-5-14-9/h3-6H,2H2,1H3. The summed E-state index contributed by atoms with van der Waals surface area (Å²) in [4.78, 5) is 12.1. The van der Waals surface area contributed by atoms with Crippen LogP contribution in [0.15, 0.2) is 23.1 Å². The zero-order valence-electron chi connectivity index (χ0n) is 7.69. The van der Waals surface area contributed by atoms with Crippen molar-refractivity contribution in [3.8, 4) is 6.07 Å². The predicted octanol–water partition coefficient (Wildman–Crippen LogP) is 2.22. The van der Waals surface area contributed by atoms with Crippen molar-refractivity contribution in [3.63, 3.8) is 0 Å². The van der Waals surface area contributed by atoms with Gasteiger partial charge < -0.3 is 4.74 Å². The van der Waals surface area contributed by atoms with E-state index in [2.05, 4.69) is 0 Å². The second-order valence-corrected chi connectivity index (χ2v) is 3.38. The Bertz CT molecular complexity index is 373. The van der Waals surface area contributed by atoms with E-state index in [-0.39, 0.29) is 12.2 Å². The Hall–Kier alpha value is -1.60. The van der Waals surface area contributed by atoms with Crippen molar-refractivity contribution in [1.82, 2.24) is 0 Å². The highest BCUT2D eigenvalue weighted by Crippen LogP contribution is 2.13. The van der Waals surface area contributed by atoms with Crippen LogP contribution in [0, 0.1) is 11.3 Å². The molecule has 0 spiro atoms. The molecule has 1 aromatic rings. The maximum Gasteiger partial charge on any atom is 0.348 e. The molecule has 0 aliphatic rings. The number of thiophene rings is 1. The Kier molecular flexibility index (Phi) is 3.89. The van der Waals surface area contributed by atoms with Crippen molar-refractivity contribution < 1.29 is 9.53 Å². The van der Waals surface area contributed by atoms with Crippen LogP contribution in [-0.2, 0) is 9.53 Å². The van der Waals surface area contributed by atoms with Crippen LogP contribution in [0.4, 0.5) is 0 Å². The van der Waals surface area contributed by atoms with Crippen LogP contribution in [0.5, 0.6) is 0 Å². The Morgan fingerprint density at radius 3 is 3.07 bits per heavy atom. The molecule has 0 aliphatic carbocycles. The van der Waals surface area contributed by atoms with Gasteiger partial charge in [0.05, 0.1) is 6.61 Å². The molecule has 0 aromatic carbocycles. The quantitative estimate of drug-likeness (QED) is 0.434. The first-order valence-electron chi connectivity index (χ1n) is 4.10. The number of carbonyl (C=O) groups excluding carboxylic acids is 1. The third-order valence-corrected chi connectivity index (χ3v) is 2.26. The van der Waals surface area contributed by atoms with Crippen molar-refractivity contribution in [2.75, 3.05) is 6.61 Å². The normalized spacial score (nSPS) is 10.7. The van der Waals surface area contributed by atoms with Crippen LogP contribution in [0.1, 0.15) is 11.8 Å². The molecule has 0 saturated heterocycles. The van der Waals surface area contributed by atoms with Gasteiger partial charge in [0.1, 0.15) is 11.6 Å². The van der Waals surface area contributed by atoms with Gasteiger partial charge in [0.15, 0.2) is 0 Å². The monoisotopic (exact) mass is 207 g/mol. The topological polar surface area (TPSA) is 50.1 Å². The van der Waals surface area contributed by atoms with Gasteiger partial charge in [0, 0.05) is 4.88 Å². The highest BCUT2D eigenvalue weighted by Gasteiger charge is 2.09. The summed E-state index contributed by atoms with van der Waals surface area (Å²) < 4.78 is 4.72. The van der Waals surface area contributed by atoms with Crippen molar-refractivity contribution in [2.45, 2.75) is 6.92 Å². The van der Waals surface area contributed by atoms with Crippen molar-refractivity contribution in [1.29, 1.82) is 5.26 Å². The summed E-state index contributed by atoms with van der Waals surface area (Å²) in [6.07, 6.45) is 1.53. The number of rotatable bonds is 3. The molecule has 72 valence electrons. The van der Waals surface area contributed by atoms with Gasteiger partial charge in [-0.05, 0) is 24.4 Å². The number of carbonyl (C=O) groups is 1. The first kappa shape index (κ1) is 10.5. The molecule has 3 nitrogen and oxygen atoms in total. The van der Waals surface area contributed by atoms with Gasteiger partial charge in [0.2, 0.25) is 0 Å². The van der Waals surface area contributed by atoms with Gasteiger partial charge in [-0.15, -0.1) is 11.3 Å². The lowest BCUT2D eigenvalue weighted by atomic mass is 10.2. The van der Waals surface area contributed by atoms with E-state index in [1.165, 1.54) is 17.4 Å². The van der Waals surface area contributed by atoms with E-state index in [4.69, 9.17) is 10.00 Å². The molecule has 0 saturated carbocycles. The number of nitrogens with zero attached hydrogens (tertiary/aromatic N) is 1. The molecule has 0 amide bonds. The molecule has 0 aliphatic heterocycles. The lowest BCUT2D eigenvalue weighted by Crippen LogP contribution is -2.05. The lowest BCUT2D eigenvalue weighted by molar-refractivity contribution is -0.137. The number of hydrogen-bond donors (Lipinski definition) is 0. The van der Waals surface area contributed by atoms with Gasteiger partial charge in [-0.2, -0.15) is 5.26 Å². The van der Waals surface area contributed by atoms with Crippen molar-refractivity contribution >= 4 is 23.4 Å². The Labute approximate surface area is 86.2 Å². The van der Waals surface area contributed by atoms with E-state index < -0.39 is 5.97 Å². The Balaban J connectivity index is 2.83. The highest BCUT2D eigenvalue weighted by molar-refractivity contribution is 7.10. The van der Waals surface area contributed by atoms with Crippen molar-refractivity contribution in [2.24, 2.45) is 0 Å². The molecule has 4 heteroatoms. The highest BCUT2D eigenvalue weighted by atomic mass is 32.1. The molecular formula is C10H9NO2S. The molecule has 0 fully saturated rings. The Morgan fingerprint density at radius 2 is 2.57 bits per heavy atom. The predicted molar refractivity (Wildman–Crippen MR) is 54.5 cm³/mol. The minimum Gasteiger partial charge on any atom is -0.462 e. The van der Waals surface area contributed by atoms with E-state index in [1.807, 2.05) is 23.6 Å². The fourth-order valence-corrected chi connectivity index (χ4v) is 1.52. The molecule has 1 heterocycles. The molecule has 14 heavy (non-hydrogen) atoms. The van der Waals surface area contributed by atoms with Crippen LogP contribution in [0.25, 0.3) is 6.08 Å². The average Bonchev–Trinajstić information content (AvgIpc) is 2.66. The summed E-state index contributed by atoms with van der Waals surface area (Å²) in [6, 6.07) is 5.51. The molecule has 0 unspecified atom stereocenters. The third kappa shape index (κ3) is 2.71. The van der Waals surface area contributed by atoms with Gasteiger partial charge in [-0.3, -0.25) is 0 Å². The summed E-state index contributed by atoms with van der Waals surface area (Å²) >= 11 is 1.47. The van der Waals surface area contributed by atoms with Gasteiger partial charge in [0.25, 0.3) is 0 Å². The zero-order chi connectivity index (χ0) is 10.4. The van der Waals surface area contributed by atoms with Crippen LogP contribution < -0.4 is 0 Å². The second-order valence-electron chi connectivity index (χ2n) is 2.41. The largest absolute Gasteiger partial charge is 0.462 e. The average molecular weight is 207 g/mol. The minimum absolute atomic E-state index is 0.0364. The SMILES string of the molecule is CCOC(=O)C(C#N)=Cc1cccs1. The summed E-state index contributed by atoms with van der Waals surface area (Å²) in [5.41, 5.74) is 0.0364. The maximum atomic E-state index is 11.2. The van der Waals surface area contributed by atoms with Crippen molar-refractivity contribution in [3.05, 3.63) is 28.0 Å². The smallest absolute Gasteiger partial charge is 0.348 e. The van der Waals surface area contributed by atoms with Gasteiger partial charge >= 0.3 is 5.97 Å². The lowest BCUT2D eigenvalue weighted by Gasteiger charge is -1.97. The summed E-state index contributed by atoms with van der Waals surface area (Å²) in [5, 5.41) is 10.6.